The second kappa shape index (κ2) is 5.21. The van der Waals surface area contributed by atoms with E-state index in [-0.39, 0.29) is 0 Å². The summed E-state index contributed by atoms with van der Waals surface area (Å²) in [6.07, 6.45) is 2.97. The highest BCUT2D eigenvalue weighted by molar-refractivity contribution is 7.99. The normalized spacial score (nSPS) is 23.4. The molecule has 0 aromatic carbocycles. The maximum atomic E-state index is 4.52. The Morgan fingerprint density at radius 3 is 3.15 bits per heavy atom. The second-order valence-electron chi connectivity index (χ2n) is 5.57. The number of rotatable bonds is 4. The third kappa shape index (κ3) is 2.35. The molecule has 1 atom stereocenters. The molecule has 0 saturated carbocycles. The minimum atomic E-state index is 0.737. The van der Waals surface area contributed by atoms with Crippen LogP contribution in [0, 0.1) is 5.92 Å². The average Bonchev–Trinajstić information content (AvgIpc) is 3.07. The number of nitrogens with zero attached hydrogens (tertiary/aromatic N) is 5. The summed E-state index contributed by atoms with van der Waals surface area (Å²) in [7, 11) is 0. The van der Waals surface area contributed by atoms with Gasteiger partial charge in [-0.25, -0.2) is 0 Å². The summed E-state index contributed by atoms with van der Waals surface area (Å²) in [4.78, 5) is 2.31. The van der Waals surface area contributed by atoms with Gasteiger partial charge in [-0.15, -0.1) is 15.3 Å². The van der Waals surface area contributed by atoms with E-state index in [4.69, 9.17) is 0 Å². The maximum absolute atomic E-state index is 4.52. The lowest BCUT2D eigenvalue weighted by atomic mass is 10.00. The highest BCUT2D eigenvalue weighted by Gasteiger charge is 2.28. The van der Waals surface area contributed by atoms with Crippen LogP contribution in [0.15, 0.2) is 18.5 Å². The van der Waals surface area contributed by atoms with Gasteiger partial charge in [-0.3, -0.25) is 0 Å². The molecule has 2 fully saturated rings. The van der Waals surface area contributed by atoms with Crippen LogP contribution in [-0.2, 0) is 0 Å². The first-order valence-electron chi connectivity index (χ1n) is 7.11. The van der Waals surface area contributed by atoms with Gasteiger partial charge in [0.25, 0.3) is 0 Å². The van der Waals surface area contributed by atoms with E-state index in [1.54, 1.807) is 10.8 Å². The molecule has 6 nitrogen and oxygen atoms in total. The Morgan fingerprint density at radius 2 is 2.30 bits per heavy atom. The van der Waals surface area contributed by atoms with E-state index in [9.17, 15) is 0 Å². The molecule has 7 heteroatoms. The molecule has 1 unspecified atom stereocenters. The summed E-state index contributed by atoms with van der Waals surface area (Å²) >= 11 is 2.06. The first-order valence-corrected chi connectivity index (χ1v) is 8.27. The molecular weight excluding hydrogens is 272 g/mol. The molecule has 0 amide bonds. The zero-order valence-corrected chi connectivity index (χ0v) is 12.1. The first kappa shape index (κ1) is 12.4. The summed E-state index contributed by atoms with van der Waals surface area (Å²) in [5.74, 6) is 4.36. The summed E-state index contributed by atoms with van der Waals surface area (Å²) < 4.78 is 1.73. The summed E-state index contributed by atoms with van der Waals surface area (Å²) in [5, 5.41) is 16.0. The molecule has 2 saturated heterocycles. The van der Waals surface area contributed by atoms with Crippen molar-refractivity contribution in [3.63, 3.8) is 0 Å². The Kier molecular flexibility index (Phi) is 3.23. The van der Waals surface area contributed by atoms with E-state index in [2.05, 4.69) is 37.3 Å². The fraction of sp³-hybridized carbons (Fsp3) is 0.615. The van der Waals surface area contributed by atoms with E-state index in [1.807, 2.05) is 12.1 Å². The molecule has 0 radical (unpaired) electrons. The quantitative estimate of drug-likeness (QED) is 0.892. The Balaban J connectivity index is 1.31. The Hall–Kier alpha value is -1.34. The smallest absolute Gasteiger partial charge is 0.177 e. The summed E-state index contributed by atoms with van der Waals surface area (Å²) in [5.41, 5.74) is 0.797. The van der Waals surface area contributed by atoms with Gasteiger partial charge in [0.05, 0.1) is 0 Å². The van der Waals surface area contributed by atoms with Gasteiger partial charge in [0.15, 0.2) is 5.65 Å². The van der Waals surface area contributed by atoms with Crippen LogP contribution in [-0.4, -0.2) is 57.0 Å². The van der Waals surface area contributed by atoms with Gasteiger partial charge >= 0.3 is 0 Å². The van der Waals surface area contributed by atoms with Crippen molar-refractivity contribution in [1.82, 2.24) is 25.1 Å². The van der Waals surface area contributed by atoms with Crippen molar-refractivity contribution in [2.45, 2.75) is 12.5 Å². The van der Waals surface area contributed by atoms with Gasteiger partial charge in [-0.05, 0) is 24.3 Å². The van der Waals surface area contributed by atoms with Crippen LogP contribution in [0.25, 0.3) is 5.65 Å². The Labute approximate surface area is 121 Å². The number of aromatic nitrogens is 4. The molecule has 2 aromatic rings. The minimum Gasteiger partial charge on any atom is -0.354 e. The molecule has 4 heterocycles. The predicted octanol–water partition coefficient (Wildman–Crippen LogP) is 0.656. The third-order valence-electron chi connectivity index (χ3n) is 4.05. The van der Waals surface area contributed by atoms with Crippen LogP contribution in [0.2, 0.25) is 0 Å². The van der Waals surface area contributed by atoms with Crippen LogP contribution < -0.4 is 10.2 Å². The molecule has 1 N–H and O–H groups in total. The highest BCUT2D eigenvalue weighted by atomic mass is 32.2. The van der Waals surface area contributed by atoms with Gasteiger partial charge in [-0.2, -0.15) is 16.3 Å². The first-order chi connectivity index (χ1) is 9.88. The number of thioether (sulfide) groups is 1. The van der Waals surface area contributed by atoms with E-state index in [1.165, 1.54) is 17.9 Å². The van der Waals surface area contributed by atoms with Crippen LogP contribution in [0.5, 0.6) is 0 Å². The fourth-order valence-electron chi connectivity index (χ4n) is 2.80. The molecule has 0 spiro atoms. The number of hydrogen-bond acceptors (Lipinski definition) is 6. The largest absolute Gasteiger partial charge is 0.354 e. The standard InChI is InChI=1S/C13H18N6S/c1-2-13(17-19-9-15-16-12(1)19)18-6-10(7-18)5-14-11-3-4-20-8-11/h1-2,9-11,14H,3-8H2. The molecule has 2 aliphatic heterocycles. The maximum Gasteiger partial charge on any atom is 0.177 e. The van der Waals surface area contributed by atoms with Crippen molar-refractivity contribution < 1.29 is 0 Å². The molecule has 4 rings (SSSR count). The molecule has 2 aliphatic rings. The van der Waals surface area contributed by atoms with Crippen LogP contribution in [0.3, 0.4) is 0 Å². The Morgan fingerprint density at radius 1 is 1.35 bits per heavy atom. The number of hydrogen-bond donors (Lipinski definition) is 1. The predicted molar refractivity (Wildman–Crippen MR) is 80.2 cm³/mol. The van der Waals surface area contributed by atoms with Gasteiger partial charge in [0.1, 0.15) is 12.1 Å². The van der Waals surface area contributed by atoms with E-state index < -0.39 is 0 Å². The number of nitrogens with one attached hydrogen (secondary N) is 1. The molecule has 2 aromatic heterocycles. The monoisotopic (exact) mass is 290 g/mol. The summed E-state index contributed by atoms with van der Waals surface area (Å²) in [6, 6.07) is 4.73. The number of anilines is 1. The minimum absolute atomic E-state index is 0.737. The van der Waals surface area contributed by atoms with Crippen molar-refractivity contribution in [3.8, 4) is 0 Å². The zero-order valence-electron chi connectivity index (χ0n) is 11.3. The average molecular weight is 290 g/mol. The van der Waals surface area contributed by atoms with E-state index in [0.717, 1.165) is 43.1 Å². The van der Waals surface area contributed by atoms with Crippen LogP contribution in [0.1, 0.15) is 6.42 Å². The molecule has 20 heavy (non-hydrogen) atoms. The van der Waals surface area contributed by atoms with Gasteiger partial charge in [0.2, 0.25) is 0 Å². The summed E-state index contributed by atoms with van der Waals surface area (Å²) in [6.45, 7) is 3.32. The van der Waals surface area contributed by atoms with E-state index in [0.29, 0.717) is 0 Å². The number of fused-ring (bicyclic) bond motifs is 1. The van der Waals surface area contributed by atoms with Crippen molar-refractivity contribution in [2.24, 2.45) is 5.92 Å². The molecule has 106 valence electrons. The van der Waals surface area contributed by atoms with Crippen molar-refractivity contribution >= 4 is 23.2 Å². The SMILES string of the molecule is c1cc2nncn2nc1N1CC(CNC2CCSC2)C1. The zero-order chi connectivity index (χ0) is 13.4. The lowest BCUT2D eigenvalue weighted by Crippen LogP contribution is -2.52. The van der Waals surface area contributed by atoms with E-state index >= 15 is 0 Å². The lowest BCUT2D eigenvalue weighted by Gasteiger charge is -2.40. The van der Waals surface area contributed by atoms with Crippen molar-refractivity contribution in [1.29, 1.82) is 0 Å². The highest BCUT2D eigenvalue weighted by Crippen LogP contribution is 2.23. The lowest BCUT2D eigenvalue weighted by molar-refractivity contribution is 0.365. The third-order valence-corrected chi connectivity index (χ3v) is 5.22. The van der Waals surface area contributed by atoms with Crippen LogP contribution in [0.4, 0.5) is 5.82 Å². The fourth-order valence-corrected chi connectivity index (χ4v) is 3.99. The Bertz CT molecular complexity index is 587. The van der Waals surface area contributed by atoms with Gasteiger partial charge in [-0.1, -0.05) is 0 Å². The molecule has 0 bridgehead atoms. The van der Waals surface area contributed by atoms with Crippen molar-refractivity contribution in [2.75, 3.05) is 36.0 Å². The topological polar surface area (TPSA) is 58.4 Å². The molecule has 0 aliphatic carbocycles. The van der Waals surface area contributed by atoms with Crippen LogP contribution >= 0.6 is 11.8 Å². The molecular formula is C13H18N6S. The van der Waals surface area contributed by atoms with Gasteiger partial charge < -0.3 is 10.2 Å². The second-order valence-corrected chi connectivity index (χ2v) is 6.71. The van der Waals surface area contributed by atoms with Gasteiger partial charge in [0, 0.05) is 37.3 Å². The van der Waals surface area contributed by atoms with Crippen molar-refractivity contribution in [3.05, 3.63) is 18.5 Å².